The van der Waals surface area contributed by atoms with Crippen LogP contribution in [0.3, 0.4) is 0 Å². The van der Waals surface area contributed by atoms with Crippen molar-refractivity contribution in [3.8, 4) is 0 Å². The van der Waals surface area contributed by atoms with Crippen molar-refractivity contribution in [3.05, 3.63) is 28.1 Å². The largest absolute Gasteiger partial charge is 0.295 e. The van der Waals surface area contributed by atoms with E-state index < -0.39 is 0 Å². The zero-order valence-corrected chi connectivity index (χ0v) is 14.7. The molecule has 3 nitrogen and oxygen atoms in total. The molecule has 0 spiro atoms. The predicted molar refractivity (Wildman–Crippen MR) is 91.4 cm³/mol. The van der Waals surface area contributed by atoms with Crippen molar-refractivity contribution in [2.75, 3.05) is 0 Å². The molecule has 4 rings (SSSR count). The molecular formula is C20H28N2O. The maximum absolute atomic E-state index is 13.1. The smallest absolute Gasteiger partial charge is 0.160 e. The molecule has 3 aliphatic rings. The molecule has 1 fully saturated rings. The van der Waals surface area contributed by atoms with Gasteiger partial charge in [0.05, 0.1) is 5.69 Å². The molecule has 1 unspecified atom stereocenters. The summed E-state index contributed by atoms with van der Waals surface area (Å²) in [6, 6.07) is 0. The van der Waals surface area contributed by atoms with Crippen LogP contribution in [0.5, 0.6) is 0 Å². The molecule has 1 aromatic rings. The number of allylic oxidation sites excluding steroid dienone is 2. The summed E-state index contributed by atoms with van der Waals surface area (Å²) >= 11 is 0. The van der Waals surface area contributed by atoms with E-state index in [2.05, 4.69) is 31.0 Å². The van der Waals surface area contributed by atoms with Gasteiger partial charge in [0.2, 0.25) is 0 Å². The van der Waals surface area contributed by atoms with Crippen molar-refractivity contribution in [3.63, 3.8) is 0 Å². The highest BCUT2D eigenvalue weighted by atomic mass is 16.1. The lowest BCUT2D eigenvalue weighted by molar-refractivity contribution is -0.118. The summed E-state index contributed by atoms with van der Waals surface area (Å²) in [5.41, 5.74) is 6.44. The van der Waals surface area contributed by atoms with Crippen LogP contribution in [0, 0.1) is 18.3 Å². The third-order valence-corrected chi connectivity index (χ3v) is 6.21. The highest BCUT2D eigenvalue weighted by Crippen LogP contribution is 2.51. The number of aryl methyl sites for hydroxylation is 1. The van der Waals surface area contributed by atoms with Crippen molar-refractivity contribution in [2.45, 2.75) is 78.1 Å². The first-order valence-electron chi connectivity index (χ1n) is 9.25. The van der Waals surface area contributed by atoms with E-state index in [1.165, 1.54) is 60.2 Å². The second-order valence-electron chi connectivity index (χ2n) is 8.72. The van der Waals surface area contributed by atoms with E-state index in [0.29, 0.717) is 24.0 Å². The number of aromatic amines is 1. The molecule has 0 saturated heterocycles. The molecule has 0 bridgehead atoms. The number of fused-ring (bicyclic) bond motifs is 1. The summed E-state index contributed by atoms with van der Waals surface area (Å²) in [6.45, 7) is 6.59. The van der Waals surface area contributed by atoms with E-state index in [-0.39, 0.29) is 5.41 Å². The maximum atomic E-state index is 13.1. The number of carbonyl (C=O) groups is 1. The quantitative estimate of drug-likeness (QED) is 0.822. The minimum atomic E-state index is 0.107. The highest BCUT2D eigenvalue weighted by Gasteiger charge is 2.43. The van der Waals surface area contributed by atoms with Gasteiger partial charge in [-0.15, -0.1) is 0 Å². The molecule has 0 amide bonds. The maximum Gasteiger partial charge on any atom is 0.160 e. The van der Waals surface area contributed by atoms with Crippen LogP contribution in [0.2, 0.25) is 0 Å². The Bertz CT molecular complexity index is 674. The van der Waals surface area contributed by atoms with Crippen LogP contribution in [0.4, 0.5) is 0 Å². The molecule has 0 aromatic carbocycles. The molecule has 1 heterocycles. The van der Waals surface area contributed by atoms with Crippen molar-refractivity contribution in [2.24, 2.45) is 11.3 Å². The first-order chi connectivity index (χ1) is 11.0. The van der Waals surface area contributed by atoms with E-state index >= 15 is 0 Å². The van der Waals surface area contributed by atoms with Crippen molar-refractivity contribution in [1.82, 2.24) is 10.2 Å². The molecule has 3 heteroatoms. The Morgan fingerprint density at radius 2 is 1.87 bits per heavy atom. The highest BCUT2D eigenvalue weighted by molar-refractivity contribution is 5.99. The van der Waals surface area contributed by atoms with Gasteiger partial charge in [-0.1, -0.05) is 38.7 Å². The summed E-state index contributed by atoms with van der Waals surface area (Å²) in [7, 11) is 0. The minimum absolute atomic E-state index is 0.107. The van der Waals surface area contributed by atoms with Crippen LogP contribution >= 0.6 is 0 Å². The number of carbonyl (C=O) groups excluding carboxylic acids is 1. The first kappa shape index (κ1) is 15.2. The SMILES string of the molecule is Cc1[nH]nc2c1C(C1CCCCC1)C1=C(C2)CC(C)(C)CC1=O. The standard InChI is InChI=1S/C20H28N2O/c1-12-17-15(22-21-12)9-14-10-20(2,3)11-16(23)18(14)19(17)13-7-5-4-6-8-13/h13,19H,4-11H2,1-3H3,(H,21,22). The lowest BCUT2D eigenvalue weighted by atomic mass is 9.62. The topological polar surface area (TPSA) is 45.8 Å². The number of ketones is 1. The van der Waals surface area contributed by atoms with Gasteiger partial charge < -0.3 is 0 Å². The summed E-state index contributed by atoms with van der Waals surface area (Å²) in [5, 5.41) is 7.80. The average molecular weight is 312 g/mol. The summed E-state index contributed by atoms with van der Waals surface area (Å²) < 4.78 is 0. The number of nitrogens with zero attached hydrogens (tertiary/aromatic N) is 1. The molecule has 124 valence electrons. The van der Waals surface area contributed by atoms with Gasteiger partial charge >= 0.3 is 0 Å². The molecule has 0 aliphatic heterocycles. The van der Waals surface area contributed by atoms with Gasteiger partial charge in [-0.3, -0.25) is 9.89 Å². The fourth-order valence-corrected chi connectivity index (χ4v) is 5.33. The van der Waals surface area contributed by atoms with Crippen molar-refractivity contribution < 1.29 is 4.79 Å². The summed E-state index contributed by atoms with van der Waals surface area (Å²) in [5.74, 6) is 1.36. The molecule has 23 heavy (non-hydrogen) atoms. The molecular weight excluding hydrogens is 284 g/mol. The second-order valence-corrected chi connectivity index (χ2v) is 8.72. The number of Topliss-reactive ketones (excluding diaryl/α,β-unsaturated/α-hetero) is 1. The Labute approximate surface area is 138 Å². The lowest BCUT2D eigenvalue weighted by Crippen LogP contribution is -2.34. The molecule has 0 radical (unpaired) electrons. The third kappa shape index (κ3) is 2.49. The Balaban J connectivity index is 1.83. The Morgan fingerprint density at radius 3 is 2.61 bits per heavy atom. The summed E-state index contributed by atoms with van der Waals surface area (Å²) in [4.78, 5) is 13.1. The van der Waals surface area contributed by atoms with E-state index in [0.717, 1.165) is 12.8 Å². The van der Waals surface area contributed by atoms with Crippen LogP contribution in [0.1, 0.15) is 81.7 Å². The fraction of sp³-hybridized carbons (Fsp3) is 0.700. The van der Waals surface area contributed by atoms with E-state index in [4.69, 9.17) is 0 Å². The predicted octanol–water partition coefficient (Wildman–Crippen LogP) is 4.62. The molecule has 1 atom stereocenters. The zero-order valence-electron chi connectivity index (χ0n) is 14.7. The number of hydrogen-bond donors (Lipinski definition) is 1. The van der Waals surface area contributed by atoms with Gasteiger partial charge in [0.25, 0.3) is 0 Å². The summed E-state index contributed by atoms with van der Waals surface area (Å²) in [6.07, 6.45) is 9.17. The Kier molecular flexibility index (Phi) is 3.51. The number of nitrogens with one attached hydrogen (secondary N) is 1. The molecule has 1 saturated carbocycles. The van der Waals surface area contributed by atoms with E-state index in [1.54, 1.807) is 0 Å². The van der Waals surface area contributed by atoms with Crippen LogP contribution in [0.25, 0.3) is 0 Å². The van der Waals surface area contributed by atoms with Crippen molar-refractivity contribution in [1.29, 1.82) is 0 Å². The minimum Gasteiger partial charge on any atom is -0.295 e. The van der Waals surface area contributed by atoms with Gasteiger partial charge in [0.1, 0.15) is 0 Å². The van der Waals surface area contributed by atoms with Crippen LogP contribution in [0.15, 0.2) is 11.1 Å². The monoisotopic (exact) mass is 312 g/mol. The van der Waals surface area contributed by atoms with Gasteiger partial charge in [0, 0.05) is 35.6 Å². The first-order valence-corrected chi connectivity index (χ1v) is 9.25. The van der Waals surface area contributed by atoms with Gasteiger partial charge in [-0.2, -0.15) is 5.10 Å². The Morgan fingerprint density at radius 1 is 1.13 bits per heavy atom. The van der Waals surface area contributed by atoms with Gasteiger partial charge in [-0.25, -0.2) is 0 Å². The molecule has 1 N–H and O–H groups in total. The zero-order chi connectivity index (χ0) is 16.2. The number of hydrogen-bond acceptors (Lipinski definition) is 2. The van der Waals surface area contributed by atoms with Crippen LogP contribution in [-0.4, -0.2) is 16.0 Å². The third-order valence-electron chi connectivity index (χ3n) is 6.21. The number of rotatable bonds is 1. The number of aromatic nitrogens is 2. The van der Waals surface area contributed by atoms with Crippen LogP contribution in [-0.2, 0) is 11.2 Å². The van der Waals surface area contributed by atoms with Gasteiger partial charge in [0.15, 0.2) is 5.78 Å². The molecule has 1 aromatic heterocycles. The van der Waals surface area contributed by atoms with E-state index in [9.17, 15) is 4.79 Å². The second kappa shape index (κ2) is 5.32. The fourth-order valence-electron chi connectivity index (χ4n) is 5.33. The van der Waals surface area contributed by atoms with Crippen LogP contribution < -0.4 is 0 Å². The Hall–Kier alpha value is -1.38. The van der Waals surface area contributed by atoms with E-state index in [1.807, 2.05) is 0 Å². The van der Waals surface area contributed by atoms with Gasteiger partial charge in [-0.05, 0) is 37.5 Å². The normalized spacial score (nSPS) is 27.8. The average Bonchev–Trinajstić information content (AvgIpc) is 2.86. The lowest BCUT2D eigenvalue weighted by Gasteiger charge is -2.41. The number of H-pyrrole nitrogens is 1. The van der Waals surface area contributed by atoms with Crippen molar-refractivity contribution >= 4 is 5.78 Å². The molecule has 3 aliphatic carbocycles.